The largest absolute Gasteiger partial charge is 0.380 e. The number of nitrogens with zero attached hydrogens (tertiary/aromatic N) is 3. The molecule has 0 bridgehead atoms. The van der Waals surface area contributed by atoms with E-state index in [0.717, 1.165) is 5.56 Å². The first-order chi connectivity index (χ1) is 12.9. The minimum atomic E-state index is -0.676. The third-order valence-corrected chi connectivity index (χ3v) is 4.86. The van der Waals surface area contributed by atoms with E-state index in [1.165, 1.54) is 12.1 Å². The van der Waals surface area contributed by atoms with E-state index in [2.05, 4.69) is 15.1 Å². The molecule has 1 unspecified atom stereocenters. The molecule has 2 aromatic heterocycles. The molecule has 0 aliphatic heterocycles. The molecule has 3 rings (SSSR count). The van der Waals surface area contributed by atoms with E-state index in [1.807, 2.05) is 19.9 Å². The Bertz CT molecular complexity index is 1010. The summed E-state index contributed by atoms with van der Waals surface area (Å²) in [6.07, 6.45) is 4.08. The zero-order valence-corrected chi connectivity index (χ0v) is 15.9. The van der Waals surface area contributed by atoms with Crippen LogP contribution in [0, 0.1) is 12.7 Å². The van der Waals surface area contributed by atoms with E-state index in [-0.39, 0.29) is 11.4 Å². The van der Waals surface area contributed by atoms with Crippen LogP contribution in [0.25, 0.3) is 11.3 Å². The number of halogens is 1. The summed E-state index contributed by atoms with van der Waals surface area (Å²) >= 11 is 0. The summed E-state index contributed by atoms with van der Waals surface area (Å²) in [5.74, 6) is 0.236. The lowest BCUT2D eigenvalue weighted by molar-refractivity contribution is 0.184. The molecule has 142 valence electrons. The highest BCUT2D eigenvalue weighted by Crippen LogP contribution is 2.32. The van der Waals surface area contributed by atoms with Crippen molar-refractivity contribution in [3.05, 3.63) is 69.8 Å². The summed E-state index contributed by atoms with van der Waals surface area (Å²) < 4.78 is 21.6. The molecule has 0 saturated carbocycles. The molecule has 1 aromatic carbocycles. The van der Waals surface area contributed by atoms with Gasteiger partial charge in [0, 0.05) is 30.5 Å². The van der Waals surface area contributed by atoms with E-state index in [0.29, 0.717) is 35.7 Å². The monoisotopic (exact) mass is 370 g/mol. The lowest BCUT2D eigenvalue weighted by Gasteiger charge is -2.30. The number of aromatic amines is 1. The smallest absolute Gasteiger partial charge is 0.251 e. The molecule has 0 aliphatic rings. The Labute approximate surface area is 157 Å². The summed E-state index contributed by atoms with van der Waals surface area (Å²) in [6, 6.07) is 6.57. The number of rotatable bonds is 6. The number of aromatic nitrogens is 4. The van der Waals surface area contributed by atoms with Crippen molar-refractivity contribution in [3.63, 3.8) is 0 Å². The zero-order valence-electron chi connectivity index (χ0n) is 15.9. The van der Waals surface area contributed by atoms with Crippen molar-refractivity contribution in [2.24, 2.45) is 0 Å². The van der Waals surface area contributed by atoms with Crippen LogP contribution in [-0.2, 0) is 16.9 Å². The van der Waals surface area contributed by atoms with E-state index < -0.39 is 5.54 Å². The second-order valence-electron chi connectivity index (χ2n) is 6.76. The number of methoxy groups -OCH3 is 1. The molecule has 0 saturated heterocycles. The molecule has 0 spiro atoms. The third-order valence-electron chi connectivity index (χ3n) is 4.86. The number of nitrogens with one attached hydrogen (secondary N) is 1. The van der Waals surface area contributed by atoms with Gasteiger partial charge in [0.1, 0.15) is 11.6 Å². The molecule has 1 N–H and O–H groups in total. The van der Waals surface area contributed by atoms with E-state index in [1.54, 1.807) is 37.2 Å². The Kier molecular flexibility index (Phi) is 5.23. The van der Waals surface area contributed by atoms with Crippen molar-refractivity contribution in [2.75, 3.05) is 7.11 Å². The van der Waals surface area contributed by atoms with Gasteiger partial charge in [-0.05, 0) is 31.9 Å². The van der Waals surface area contributed by atoms with Gasteiger partial charge in [-0.15, -0.1) is 0 Å². The first-order valence-corrected chi connectivity index (χ1v) is 8.78. The summed E-state index contributed by atoms with van der Waals surface area (Å²) in [4.78, 5) is 18.7. The quantitative estimate of drug-likeness (QED) is 0.722. The van der Waals surface area contributed by atoms with Crippen LogP contribution in [0.4, 0.5) is 4.39 Å². The maximum Gasteiger partial charge on any atom is 0.251 e. The Balaban J connectivity index is 2.03. The minimum Gasteiger partial charge on any atom is -0.380 e. The standard InChI is InChI=1S/C20H23FN4O2/c1-5-20(3,16-7-6-14(12-27-4)8-17(16)21)25-11-15(10-22-25)18-9-19(26)24-13(2)23-18/h6-11H,5,12H2,1-4H3,(H,23,24,26). The molecule has 27 heavy (non-hydrogen) atoms. The van der Waals surface area contributed by atoms with Crippen molar-refractivity contribution in [1.29, 1.82) is 0 Å². The van der Waals surface area contributed by atoms with Crippen molar-refractivity contribution >= 4 is 0 Å². The maximum atomic E-state index is 14.8. The van der Waals surface area contributed by atoms with Gasteiger partial charge in [-0.1, -0.05) is 19.1 Å². The van der Waals surface area contributed by atoms with Gasteiger partial charge in [0.2, 0.25) is 0 Å². The summed E-state index contributed by atoms with van der Waals surface area (Å²) in [5, 5.41) is 4.44. The van der Waals surface area contributed by atoms with Gasteiger partial charge in [0.25, 0.3) is 5.56 Å². The molecular formula is C20H23FN4O2. The fourth-order valence-electron chi connectivity index (χ4n) is 3.18. The Morgan fingerprint density at radius 2 is 2.11 bits per heavy atom. The van der Waals surface area contributed by atoms with Crippen molar-refractivity contribution in [2.45, 2.75) is 39.3 Å². The number of hydrogen-bond acceptors (Lipinski definition) is 4. The molecule has 6 nitrogen and oxygen atoms in total. The van der Waals surface area contributed by atoms with Crippen molar-refractivity contribution in [1.82, 2.24) is 19.7 Å². The average molecular weight is 370 g/mol. The molecular weight excluding hydrogens is 347 g/mol. The number of ether oxygens (including phenoxy) is 1. The van der Waals surface area contributed by atoms with Crippen molar-refractivity contribution in [3.8, 4) is 11.3 Å². The predicted octanol–water partition coefficient (Wildman–Crippen LogP) is 3.40. The van der Waals surface area contributed by atoms with Gasteiger partial charge in [0.15, 0.2) is 0 Å². The molecule has 0 fully saturated rings. The Hall–Kier alpha value is -2.80. The number of benzene rings is 1. The van der Waals surface area contributed by atoms with Crippen LogP contribution in [-0.4, -0.2) is 26.9 Å². The lowest BCUT2D eigenvalue weighted by Crippen LogP contribution is -2.32. The van der Waals surface area contributed by atoms with Crippen LogP contribution < -0.4 is 5.56 Å². The normalized spacial score (nSPS) is 13.5. The van der Waals surface area contributed by atoms with Crippen LogP contribution in [0.3, 0.4) is 0 Å². The van der Waals surface area contributed by atoms with Crippen LogP contribution in [0.15, 0.2) is 41.5 Å². The van der Waals surface area contributed by atoms with E-state index in [4.69, 9.17) is 4.74 Å². The van der Waals surface area contributed by atoms with Crippen LogP contribution in [0.1, 0.15) is 37.2 Å². The molecule has 1 atom stereocenters. The topological polar surface area (TPSA) is 72.8 Å². The molecule has 7 heteroatoms. The number of hydrogen-bond donors (Lipinski definition) is 1. The van der Waals surface area contributed by atoms with E-state index >= 15 is 0 Å². The lowest BCUT2D eigenvalue weighted by atomic mass is 9.88. The van der Waals surface area contributed by atoms with Gasteiger partial charge >= 0.3 is 0 Å². The first-order valence-electron chi connectivity index (χ1n) is 8.78. The molecule has 2 heterocycles. The highest BCUT2D eigenvalue weighted by atomic mass is 19.1. The van der Waals surface area contributed by atoms with E-state index in [9.17, 15) is 9.18 Å². The maximum absolute atomic E-state index is 14.8. The van der Waals surface area contributed by atoms with Gasteiger partial charge < -0.3 is 9.72 Å². The second-order valence-corrected chi connectivity index (χ2v) is 6.76. The van der Waals surface area contributed by atoms with Crippen molar-refractivity contribution < 1.29 is 9.13 Å². The summed E-state index contributed by atoms with van der Waals surface area (Å²) in [5.41, 5.74) is 1.68. The van der Waals surface area contributed by atoms with Crippen LogP contribution >= 0.6 is 0 Å². The summed E-state index contributed by atoms with van der Waals surface area (Å²) in [7, 11) is 1.58. The second kappa shape index (κ2) is 7.44. The SMILES string of the molecule is CCC(C)(c1ccc(COC)cc1F)n1cc(-c2cc(=O)[nH]c(C)n2)cn1. The van der Waals surface area contributed by atoms with Crippen LogP contribution in [0.2, 0.25) is 0 Å². The summed E-state index contributed by atoms with van der Waals surface area (Å²) in [6.45, 7) is 6.01. The molecule has 0 radical (unpaired) electrons. The fourth-order valence-corrected chi connectivity index (χ4v) is 3.18. The van der Waals surface area contributed by atoms with Gasteiger partial charge in [0.05, 0.1) is 24.0 Å². The zero-order chi connectivity index (χ0) is 19.6. The number of aryl methyl sites for hydroxylation is 1. The highest BCUT2D eigenvalue weighted by Gasteiger charge is 2.31. The van der Waals surface area contributed by atoms with Gasteiger partial charge in [-0.3, -0.25) is 9.48 Å². The Morgan fingerprint density at radius 3 is 2.74 bits per heavy atom. The predicted molar refractivity (Wildman–Crippen MR) is 101 cm³/mol. The highest BCUT2D eigenvalue weighted by molar-refractivity contribution is 5.56. The molecule has 3 aromatic rings. The fraction of sp³-hybridized carbons (Fsp3) is 0.350. The van der Waals surface area contributed by atoms with Gasteiger partial charge in [-0.2, -0.15) is 5.10 Å². The van der Waals surface area contributed by atoms with Gasteiger partial charge in [-0.25, -0.2) is 9.37 Å². The minimum absolute atomic E-state index is 0.219. The third kappa shape index (κ3) is 3.68. The first kappa shape index (κ1) is 19.0. The Morgan fingerprint density at radius 1 is 1.33 bits per heavy atom. The van der Waals surface area contributed by atoms with Crippen LogP contribution in [0.5, 0.6) is 0 Å². The average Bonchev–Trinajstić information content (AvgIpc) is 3.11. The molecule has 0 aliphatic carbocycles. The molecule has 0 amide bonds. The number of H-pyrrole nitrogens is 1.